The van der Waals surface area contributed by atoms with E-state index in [-0.39, 0.29) is 16.7 Å². The molecule has 0 bridgehead atoms. The van der Waals surface area contributed by atoms with Gasteiger partial charge in [-0.2, -0.15) is 0 Å². The molecule has 0 aliphatic heterocycles. The van der Waals surface area contributed by atoms with Crippen LogP contribution < -0.4 is 0 Å². The predicted molar refractivity (Wildman–Crippen MR) is 140 cm³/mol. The molecule has 0 aromatic rings. The van der Waals surface area contributed by atoms with Gasteiger partial charge < -0.3 is 10.0 Å². The van der Waals surface area contributed by atoms with Crippen LogP contribution in [0.3, 0.4) is 0 Å². The Kier molecular flexibility index (Phi) is 7.87. The van der Waals surface area contributed by atoms with E-state index in [1.165, 1.54) is 5.57 Å². The summed E-state index contributed by atoms with van der Waals surface area (Å²) in [4.78, 5) is 26.1. The molecule has 4 heteroatoms. The smallest absolute Gasteiger partial charge is 0.222 e. The van der Waals surface area contributed by atoms with Gasteiger partial charge in [0.15, 0.2) is 5.78 Å². The van der Waals surface area contributed by atoms with Gasteiger partial charge in [0, 0.05) is 38.3 Å². The molecule has 0 spiro atoms. The first-order chi connectivity index (χ1) is 16.6. The van der Waals surface area contributed by atoms with Crippen molar-refractivity contribution < 1.29 is 14.7 Å². The minimum absolute atomic E-state index is 0.138. The lowest BCUT2D eigenvalue weighted by Crippen LogP contribution is -2.54. The second-order valence-electron chi connectivity index (χ2n) is 12.5. The third-order valence-corrected chi connectivity index (χ3v) is 10.6. The van der Waals surface area contributed by atoms with Crippen molar-refractivity contribution in [2.45, 2.75) is 116 Å². The zero-order chi connectivity index (χ0) is 25.3. The SMILES string of the molecule is CCCCN(C)C(=O)CCCCC#C[C@]1(O)CCC2C3CCC4=CC(=O)CC[C@]4(C)C3CC[C@@]21C. The lowest BCUT2D eigenvalue weighted by Gasteiger charge is -2.58. The topological polar surface area (TPSA) is 57.6 Å². The molecule has 1 N–H and O–H groups in total. The number of rotatable bonds is 7. The lowest BCUT2D eigenvalue weighted by molar-refractivity contribution is -0.130. The van der Waals surface area contributed by atoms with Crippen molar-refractivity contribution in [2.75, 3.05) is 13.6 Å². The summed E-state index contributed by atoms with van der Waals surface area (Å²) in [6, 6.07) is 0. The summed E-state index contributed by atoms with van der Waals surface area (Å²) in [6.07, 6.45) is 15.2. The van der Waals surface area contributed by atoms with Crippen molar-refractivity contribution >= 4 is 11.7 Å². The molecule has 0 radical (unpaired) electrons. The van der Waals surface area contributed by atoms with Gasteiger partial charge in [0.05, 0.1) is 0 Å². The molecule has 6 atom stereocenters. The molecule has 0 aromatic carbocycles. The van der Waals surface area contributed by atoms with E-state index in [0.717, 1.165) is 83.6 Å². The summed E-state index contributed by atoms with van der Waals surface area (Å²) in [5.74, 6) is 9.02. The highest BCUT2D eigenvalue weighted by atomic mass is 16.3. The van der Waals surface area contributed by atoms with Gasteiger partial charge in [-0.15, -0.1) is 5.92 Å². The Morgan fingerprint density at radius 3 is 2.63 bits per heavy atom. The van der Waals surface area contributed by atoms with Crippen molar-refractivity contribution in [2.24, 2.45) is 28.6 Å². The molecule has 4 rings (SSSR count). The number of aliphatic hydroxyl groups is 1. The highest BCUT2D eigenvalue weighted by Crippen LogP contribution is 2.67. The Bertz CT molecular complexity index is 912. The Morgan fingerprint density at radius 2 is 1.86 bits per heavy atom. The van der Waals surface area contributed by atoms with E-state index in [0.29, 0.717) is 36.4 Å². The van der Waals surface area contributed by atoms with E-state index >= 15 is 0 Å². The highest BCUT2D eigenvalue weighted by molar-refractivity contribution is 5.91. The zero-order valence-electron chi connectivity index (χ0n) is 22.6. The fourth-order valence-corrected chi connectivity index (χ4v) is 8.19. The van der Waals surface area contributed by atoms with Gasteiger partial charge >= 0.3 is 0 Å². The first-order valence-corrected chi connectivity index (χ1v) is 14.3. The molecule has 0 aromatic heterocycles. The largest absolute Gasteiger partial charge is 0.377 e. The molecule has 3 saturated carbocycles. The van der Waals surface area contributed by atoms with Gasteiger partial charge in [-0.3, -0.25) is 9.59 Å². The molecule has 1 amide bonds. The number of fused-ring (bicyclic) bond motifs is 5. The van der Waals surface area contributed by atoms with Crippen LogP contribution in [0.2, 0.25) is 0 Å². The van der Waals surface area contributed by atoms with Crippen LogP contribution in [0.4, 0.5) is 0 Å². The van der Waals surface area contributed by atoms with Crippen molar-refractivity contribution in [3.8, 4) is 11.8 Å². The molecule has 0 heterocycles. The van der Waals surface area contributed by atoms with Crippen LogP contribution in [0.5, 0.6) is 0 Å². The summed E-state index contributed by atoms with van der Waals surface area (Å²) in [5.41, 5.74) is 0.549. The second-order valence-corrected chi connectivity index (χ2v) is 12.5. The summed E-state index contributed by atoms with van der Waals surface area (Å²) in [6.45, 7) is 7.71. The molecule has 4 aliphatic rings. The monoisotopic (exact) mass is 481 g/mol. The number of allylic oxidation sites excluding steroid dienone is 1. The van der Waals surface area contributed by atoms with Crippen molar-refractivity contribution in [3.05, 3.63) is 11.6 Å². The lowest BCUT2D eigenvalue weighted by atomic mass is 9.46. The standard InChI is InChI=1S/C31H47NO3/c1-5-6-21-32(4)28(34)11-9-7-8-10-17-31(35)20-16-27-25-13-12-23-22-24(33)14-18-29(23,2)26(25)15-19-30(27,31)3/h22,25-27,35H,5-9,11-16,18-21H2,1-4H3/t25?,26?,27?,29-,30-,31-/m0/s1. The fourth-order valence-electron chi connectivity index (χ4n) is 8.19. The number of unbranched alkanes of at least 4 members (excludes halogenated alkanes) is 3. The number of carbonyl (C=O) groups excluding carboxylic acids is 2. The molecule has 4 nitrogen and oxygen atoms in total. The average Bonchev–Trinajstić information content (AvgIpc) is 3.10. The predicted octanol–water partition coefficient (Wildman–Crippen LogP) is 6.07. The van der Waals surface area contributed by atoms with Crippen LogP contribution in [0, 0.1) is 40.4 Å². The van der Waals surface area contributed by atoms with E-state index in [4.69, 9.17) is 0 Å². The van der Waals surface area contributed by atoms with Gasteiger partial charge in [0.25, 0.3) is 0 Å². The minimum Gasteiger partial charge on any atom is -0.377 e. The van der Waals surface area contributed by atoms with Crippen molar-refractivity contribution in [1.82, 2.24) is 4.90 Å². The fraction of sp³-hybridized carbons (Fsp3) is 0.806. The molecule has 3 unspecified atom stereocenters. The summed E-state index contributed by atoms with van der Waals surface area (Å²) >= 11 is 0. The van der Waals surface area contributed by atoms with E-state index in [2.05, 4.69) is 32.6 Å². The van der Waals surface area contributed by atoms with Crippen molar-refractivity contribution in [1.29, 1.82) is 0 Å². The average molecular weight is 482 g/mol. The number of carbonyl (C=O) groups is 2. The Morgan fingerprint density at radius 1 is 1.09 bits per heavy atom. The number of nitrogens with zero attached hydrogens (tertiary/aromatic N) is 1. The second kappa shape index (κ2) is 10.4. The van der Waals surface area contributed by atoms with E-state index in [9.17, 15) is 14.7 Å². The van der Waals surface area contributed by atoms with E-state index in [1.54, 1.807) is 0 Å². The zero-order valence-corrected chi connectivity index (χ0v) is 22.6. The normalized spacial score (nSPS) is 37.9. The van der Waals surface area contributed by atoms with E-state index < -0.39 is 5.60 Å². The van der Waals surface area contributed by atoms with Crippen LogP contribution >= 0.6 is 0 Å². The van der Waals surface area contributed by atoms with Gasteiger partial charge in [-0.1, -0.05) is 38.7 Å². The first-order valence-electron chi connectivity index (χ1n) is 14.3. The van der Waals surface area contributed by atoms with E-state index in [1.807, 2.05) is 18.0 Å². The van der Waals surface area contributed by atoms with Crippen LogP contribution in [0.1, 0.15) is 111 Å². The number of hydrogen-bond donors (Lipinski definition) is 1. The Labute approximate surface area is 213 Å². The molecular formula is C31H47NO3. The first kappa shape index (κ1) is 26.5. The molecule has 35 heavy (non-hydrogen) atoms. The Balaban J connectivity index is 1.34. The molecule has 194 valence electrons. The van der Waals surface area contributed by atoms with Gasteiger partial charge in [0.1, 0.15) is 5.60 Å². The quantitative estimate of drug-likeness (QED) is 0.355. The highest BCUT2D eigenvalue weighted by Gasteiger charge is 2.63. The molecular weight excluding hydrogens is 434 g/mol. The van der Waals surface area contributed by atoms with Crippen LogP contribution in [0.15, 0.2) is 11.6 Å². The van der Waals surface area contributed by atoms with Crippen LogP contribution in [-0.2, 0) is 9.59 Å². The maximum Gasteiger partial charge on any atom is 0.222 e. The third-order valence-electron chi connectivity index (χ3n) is 10.6. The maximum absolute atomic E-state index is 12.2. The minimum atomic E-state index is -0.890. The van der Waals surface area contributed by atoms with Crippen LogP contribution in [-0.4, -0.2) is 40.9 Å². The third kappa shape index (κ3) is 4.87. The maximum atomic E-state index is 12.2. The Hall–Kier alpha value is -1.60. The molecule has 3 fully saturated rings. The molecule has 4 aliphatic carbocycles. The van der Waals surface area contributed by atoms with Gasteiger partial charge in [-0.25, -0.2) is 0 Å². The van der Waals surface area contributed by atoms with Gasteiger partial charge in [0.2, 0.25) is 5.91 Å². The number of amides is 1. The summed E-state index contributed by atoms with van der Waals surface area (Å²) in [5, 5.41) is 11.8. The molecule has 0 saturated heterocycles. The summed E-state index contributed by atoms with van der Waals surface area (Å²) < 4.78 is 0. The number of ketones is 1. The van der Waals surface area contributed by atoms with Crippen molar-refractivity contribution in [3.63, 3.8) is 0 Å². The van der Waals surface area contributed by atoms with Crippen LogP contribution in [0.25, 0.3) is 0 Å². The summed E-state index contributed by atoms with van der Waals surface area (Å²) in [7, 11) is 1.90. The number of hydrogen-bond acceptors (Lipinski definition) is 3. The van der Waals surface area contributed by atoms with Gasteiger partial charge in [-0.05, 0) is 93.5 Å².